The second-order valence-corrected chi connectivity index (χ2v) is 9.13. The molecule has 3 heterocycles. The number of nitrogens with one attached hydrogen (secondary N) is 2. The van der Waals surface area contributed by atoms with Crippen molar-refractivity contribution in [3.63, 3.8) is 0 Å². The van der Waals surface area contributed by atoms with Crippen LogP contribution in [-0.2, 0) is 19.1 Å². The molecule has 1 aromatic heterocycles. The van der Waals surface area contributed by atoms with Crippen LogP contribution in [0, 0.1) is 18.3 Å². The summed E-state index contributed by atoms with van der Waals surface area (Å²) in [5.41, 5.74) is 1.03. The lowest BCUT2D eigenvalue weighted by atomic mass is 10.1. The van der Waals surface area contributed by atoms with Gasteiger partial charge in [0.05, 0.1) is 13.7 Å². The third kappa shape index (κ3) is 5.62. The standard InChI is InChI=1S/C26H31N5O5/c1-17-13-18-14-19(8-9-22(18)36-17)28-24(20(15-27)26(34)35-2)29-21-7-3-4-12-31(25(21)33)16-23(32)30-10-5-6-11-30/h8-9,13-14,21,28-29H,3-7,10-12,16H2,1-2H3/t21-/m0/s1. The Morgan fingerprint density at radius 1 is 1.17 bits per heavy atom. The van der Waals surface area contributed by atoms with E-state index < -0.39 is 12.0 Å². The fraction of sp³-hybridized carbons (Fsp3) is 0.462. The Balaban J connectivity index is 1.58. The Kier molecular flexibility index (Phi) is 7.78. The summed E-state index contributed by atoms with van der Waals surface area (Å²) in [5, 5.41) is 16.8. The van der Waals surface area contributed by atoms with Gasteiger partial charge in [-0.05, 0) is 63.3 Å². The van der Waals surface area contributed by atoms with E-state index in [-0.39, 0.29) is 29.8 Å². The van der Waals surface area contributed by atoms with Gasteiger partial charge in [-0.1, -0.05) is 0 Å². The van der Waals surface area contributed by atoms with E-state index in [1.807, 2.05) is 25.1 Å². The first-order valence-corrected chi connectivity index (χ1v) is 12.2. The number of anilines is 1. The number of hydrogen-bond acceptors (Lipinski definition) is 8. The number of likely N-dealkylation sites (tertiary alicyclic amines) is 2. The van der Waals surface area contributed by atoms with Crippen molar-refractivity contribution in [1.29, 1.82) is 5.26 Å². The largest absolute Gasteiger partial charge is 0.465 e. The van der Waals surface area contributed by atoms with Gasteiger partial charge in [0.15, 0.2) is 5.57 Å². The second-order valence-electron chi connectivity index (χ2n) is 9.13. The molecule has 1 aromatic carbocycles. The van der Waals surface area contributed by atoms with Crippen molar-refractivity contribution in [1.82, 2.24) is 15.1 Å². The molecule has 2 N–H and O–H groups in total. The number of rotatable bonds is 7. The third-order valence-electron chi connectivity index (χ3n) is 6.54. The van der Waals surface area contributed by atoms with Gasteiger partial charge >= 0.3 is 5.97 Å². The zero-order valence-corrected chi connectivity index (χ0v) is 20.6. The number of aryl methyl sites for hydroxylation is 1. The van der Waals surface area contributed by atoms with Crippen LogP contribution in [0.5, 0.6) is 0 Å². The van der Waals surface area contributed by atoms with Gasteiger partial charge in [0.2, 0.25) is 11.8 Å². The Hall–Kier alpha value is -4.00. The van der Waals surface area contributed by atoms with E-state index in [0.29, 0.717) is 24.2 Å². The molecule has 190 valence electrons. The average Bonchev–Trinajstić information content (AvgIpc) is 3.50. The van der Waals surface area contributed by atoms with E-state index in [9.17, 15) is 19.6 Å². The predicted molar refractivity (Wildman–Crippen MR) is 132 cm³/mol. The van der Waals surface area contributed by atoms with Crippen LogP contribution in [0.25, 0.3) is 11.0 Å². The first kappa shape index (κ1) is 25.1. The molecule has 10 heteroatoms. The maximum absolute atomic E-state index is 13.4. The van der Waals surface area contributed by atoms with Gasteiger partial charge < -0.3 is 29.6 Å². The molecule has 36 heavy (non-hydrogen) atoms. The van der Waals surface area contributed by atoms with Crippen LogP contribution < -0.4 is 10.6 Å². The van der Waals surface area contributed by atoms with Gasteiger partial charge in [0, 0.05) is 30.7 Å². The highest BCUT2D eigenvalue weighted by Gasteiger charge is 2.31. The highest BCUT2D eigenvalue weighted by molar-refractivity contribution is 5.95. The lowest BCUT2D eigenvalue weighted by molar-refractivity contribution is -0.140. The van der Waals surface area contributed by atoms with Crippen LogP contribution in [0.2, 0.25) is 0 Å². The molecule has 0 spiro atoms. The normalized spacial score (nSPS) is 18.9. The number of benzene rings is 1. The fourth-order valence-electron chi connectivity index (χ4n) is 4.67. The highest BCUT2D eigenvalue weighted by atomic mass is 16.5. The Bertz CT molecular complexity index is 1220. The van der Waals surface area contributed by atoms with Gasteiger partial charge in [-0.25, -0.2) is 4.79 Å². The summed E-state index contributed by atoms with van der Waals surface area (Å²) in [6.45, 7) is 3.82. The maximum atomic E-state index is 13.4. The van der Waals surface area contributed by atoms with Gasteiger partial charge in [0.1, 0.15) is 29.3 Å². The molecule has 0 unspecified atom stereocenters. The first-order chi connectivity index (χ1) is 17.4. The van der Waals surface area contributed by atoms with E-state index in [1.165, 1.54) is 7.11 Å². The molecule has 0 saturated carbocycles. The van der Waals surface area contributed by atoms with Crippen molar-refractivity contribution in [2.45, 2.75) is 45.1 Å². The van der Waals surface area contributed by atoms with Crippen LogP contribution >= 0.6 is 0 Å². The van der Waals surface area contributed by atoms with Crippen LogP contribution in [0.3, 0.4) is 0 Å². The van der Waals surface area contributed by atoms with Crippen molar-refractivity contribution >= 4 is 34.4 Å². The molecular weight excluding hydrogens is 462 g/mol. The van der Waals surface area contributed by atoms with Gasteiger partial charge in [-0.3, -0.25) is 9.59 Å². The molecule has 0 radical (unpaired) electrons. The molecule has 2 aliphatic heterocycles. The summed E-state index contributed by atoms with van der Waals surface area (Å²) in [5.74, 6) is -0.269. The highest BCUT2D eigenvalue weighted by Crippen LogP contribution is 2.24. The van der Waals surface area contributed by atoms with Crippen molar-refractivity contribution in [2.24, 2.45) is 0 Å². The Morgan fingerprint density at radius 3 is 2.64 bits per heavy atom. The lowest BCUT2D eigenvalue weighted by Gasteiger charge is -2.28. The summed E-state index contributed by atoms with van der Waals surface area (Å²) in [4.78, 5) is 41.9. The number of methoxy groups -OCH3 is 1. The number of fused-ring (bicyclic) bond motifs is 1. The Labute approximate surface area is 209 Å². The second kappa shape index (κ2) is 11.2. The van der Waals surface area contributed by atoms with Crippen molar-refractivity contribution in [2.75, 3.05) is 38.6 Å². The molecule has 2 aliphatic rings. The third-order valence-corrected chi connectivity index (χ3v) is 6.54. The van der Waals surface area contributed by atoms with E-state index in [4.69, 9.17) is 9.15 Å². The van der Waals surface area contributed by atoms with E-state index in [0.717, 1.165) is 49.9 Å². The summed E-state index contributed by atoms with van der Waals surface area (Å²) in [6, 6.07) is 8.43. The van der Waals surface area contributed by atoms with Gasteiger partial charge in [-0.15, -0.1) is 0 Å². The molecule has 10 nitrogen and oxygen atoms in total. The number of esters is 1. The molecule has 2 fully saturated rings. The molecule has 2 saturated heterocycles. The number of nitriles is 1. The number of carbonyl (C=O) groups excluding carboxylic acids is 3. The molecule has 0 aliphatic carbocycles. The summed E-state index contributed by atoms with van der Waals surface area (Å²) < 4.78 is 10.4. The van der Waals surface area contributed by atoms with E-state index in [2.05, 4.69) is 10.6 Å². The minimum absolute atomic E-state index is 0.0299. The first-order valence-electron chi connectivity index (χ1n) is 12.2. The SMILES string of the molecule is COC(=O)C(C#N)=C(Nc1ccc2oc(C)cc2c1)N[C@H]1CCCCN(CC(=O)N2CCCC2)C1=O. The van der Waals surface area contributed by atoms with Crippen molar-refractivity contribution in [3.05, 3.63) is 41.4 Å². The zero-order valence-electron chi connectivity index (χ0n) is 20.6. The topological polar surface area (TPSA) is 128 Å². The molecule has 2 aromatic rings. The average molecular weight is 494 g/mol. The monoisotopic (exact) mass is 493 g/mol. The fourth-order valence-corrected chi connectivity index (χ4v) is 4.67. The van der Waals surface area contributed by atoms with Crippen LogP contribution in [0.1, 0.15) is 37.9 Å². The summed E-state index contributed by atoms with van der Waals surface area (Å²) in [6.07, 6.45) is 3.99. The number of carbonyl (C=O) groups is 3. The smallest absolute Gasteiger partial charge is 0.352 e. The number of hydrogen-bond donors (Lipinski definition) is 2. The summed E-state index contributed by atoms with van der Waals surface area (Å²) in [7, 11) is 1.19. The molecule has 4 rings (SSSR count). The molecular formula is C26H31N5O5. The Morgan fingerprint density at radius 2 is 1.92 bits per heavy atom. The lowest BCUT2D eigenvalue weighted by Crippen LogP contribution is -2.49. The number of ether oxygens (including phenoxy) is 1. The number of amides is 2. The zero-order chi connectivity index (χ0) is 25.7. The van der Waals surface area contributed by atoms with Crippen LogP contribution in [-0.4, -0.2) is 66.9 Å². The maximum Gasteiger partial charge on any atom is 0.352 e. The minimum Gasteiger partial charge on any atom is -0.465 e. The number of furan rings is 1. The van der Waals surface area contributed by atoms with Gasteiger partial charge in [-0.2, -0.15) is 5.26 Å². The predicted octanol–water partition coefficient (Wildman–Crippen LogP) is 2.65. The van der Waals surface area contributed by atoms with Crippen LogP contribution in [0.15, 0.2) is 40.1 Å². The molecule has 2 amide bonds. The van der Waals surface area contributed by atoms with E-state index in [1.54, 1.807) is 21.9 Å². The van der Waals surface area contributed by atoms with Crippen molar-refractivity contribution < 1.29 is 23.5 Å². The molecule has 0 bridgehead atoms. The summed E-state index contributed by atoms with van der Waals surface area (Å²) >= 11 is 0. The van der Waals surface area contributed by atoms with E-state index >= 15 is 0 Å². The van der Waals surface area contributed by atoms with Crippen LogP contribution in [0.4, 0.5) is 5.69 Å². The quantitative estimate of drug-likeness (QED) is 0.342. The van der Waals surface area contributed by atoms with Gasteiger partial charge in [0.25, 0.3) is 0 Å². The minimum atomic E-state index is -0.824. The molecule has 1 atom stereocenters. The number of nitrogens with zero attached hydrogens (tertiary/aromatic N) is 3. The van der Waals surface area contributed by atoms with Crippen molar-refractivity contribution in [3.8, 4) is 6.07 Å².